The fourth-order valence-corrected chi connectivity index (χ4v) is 3.20. The lowest BCUT2D eigenvalue weighted by atomic mass is 10.1. The minimum Gasteiger partial charge on any atom is -0.465 e. The Bertz CT molecular complexity index is 1270. The third-order valence-electron chi connectivity index (χ3n) is 5.01. The lowest BCUT2D eigenvalue weighted by molar-refractivity contribution is -0.384. The summed E-state index contributed by atoms with van der Waals surface area (Å²) in [5.74, 6) is -1.57. The molecule has 0 aromatic heterocycles. The summed E-state index contributed by atoms with van der Waals surface area (Å²) in [5.41, 5.74) is 2.05. The molecule has 0 bridgehead atoms. The Morgan fingerprint density at radius 2 is 1.69 bits per heavy atom. The number of nitrogens with zero attached hydrogens (tertiary/aromatic N) is 3. The summed E-state index contributed by atoms with van der Waals surface area (Å²) < 4.78 is 9.66. The molecular weight excluding hydrogens is 454 g/mol. The minimum absolute atomic E-state index is 0.0510. The molecule has 0 saturated carbocycles. The van der Waals surface area contributed by atoms with Crippen LogP contribution < -0.4 is 9.74 Å². The Morgan fingerprint density at radius 3 is 2.31 bits per heavy atom. The molecule has 3 rings (SSSR count). The van der Waals surface area contributed by atoms with Crippen molar-refractivity contribution < 1.29 is 28.8 Å². The number of hydrogen-bond acceptors (Lipinski definition) is 9. The maximum Gasteiger partial charge on any atom is 0.355 e. The fourth-order valence-electron chi connectivity index (χ4n) is 3.20. The van der Waals surface area contributed by atoms with Crippen molar-refractivity contribution in [2.45, 2.75) is 13.8 Å². The monoisotopic (exact) mass is 477 g/mol. The maximum absolute atomic E-state index is 12.6. The second kappa shape index (κ2) is 10.9. The standard InChI is InChI=1S/C25H23N3O7/c1-16-8-10-18(11-9-16)17(2)26-35-21-14-19(13-20(15-21)28(31)32)27-12-6-5-7-22(24(29)33-3)23(27)25(30)34-4/h5-15H,1-4H3. The van der Waals surface area contributed by atoms with Crippen molar-refractivity contribution in [2.75, 3.05) is 19.1 Å². The number of nitro benzene ring substituents is 1. The predicted molar refractivity (Wildman–Crippen MR) is 129 cm³/mol. The summed E-state index contributed by atoms with van der Waals surface area (Å²) in [6.07, 6.45) is 5.93. The molecule has 1 aliphatic rings. The van der Waals surface area contributed by atoms with Crippen LogP contribution in [-0.4, -0.2) is 36.8 Å². The van der Waals surface area contributed by atoms with Gasteiger partial charge in [0.1, 0.15) is 5.70 Å². The molecule has 0 amide bonds. The van der Waals surface area contributed by atoms with Crippen LogP contribution >= 0.6 is 0 Å². The van der Waals surface area contributed by atoms with E-state index in [1.54, 1.807) is 13.0 Å². The number of allylic oxidation sites excluding steroid dienone is 2. The number of aryl methyl sites for hydroxylation is 1. The van der Waals surface area contributed by atoms with Gasteiger partial charge in [0.05, 0.1) is 42.2 Å². The van der Waals surface area contributed by atoms with Crippen molar-refractivity contribution in [3.63, 3.8) is 0 Å². The molecule has 0 spiro atoms. The molecule has 0 radical (unpaired) electrons. The lowest BCUT2D eigenvalue weighted by Crippen LogP contribution is -2.27. The van der Waals surface area contributed by atoms with Crippen LogP contribution in [0.5, 0.6) is 5.75 Å². The molecule has 0 unspecified atom stereocenters. The largest absolute Gasteiger partial charge is 0.465 e. The zero-order valence-electron chi connectivity index (χ0n) is 19.6. The van der Waals surface area contributed by atoms with Gasteiger partial charge in [0.25, 0.3) is 5.69 Å². The van der Waals surface area contributed by atoms with Gasteiger partial charge in [-0.1, -0.05) is 41.1 Å². The molecule has 0 N–H and O–H groups in total. The fraction of sp³-hybridized carbons (Fsp3) is 0.160. The van der Waals surface area contributed by atoms with Crippen LogP contribution in [0, 0.1) is 17.0 Å². The van der Waals surface area contributed by atoms with Crippen LogP contribution in [0.15, 0.2) is 83.3 Å². The van der Waals surface area contributed by atoms with Crippen molar-refractivity contribution >= 4 is 29.0 Å². The molecule has 0 fully saturated rings. The average molecular weight is 477 g/mol. The number of benzene rings is 2. The normalized spacial score (nSPS) is 13.4. The van der Waals surface area contributed by atoms with Gasteiger partial charge in [-0.3, -0.25) is 10.1 Å². The first-order valence-electron chi connectivity index (χ1n) is 10.4. The summed E-state index contributed by atoms with van der Waals surface area (Å²) in [6, 6.07) is 11.5. The summed E-state index contributed by atoms with van der Waals surface area (Å²) in [6.45, 7) is 3.71. The zero-order chi connectivity index (χ0) is 25.5. The molecule has 35 heavy (non-hydrogen) atoms. The van der Waals surface area contributed by atoms with Gasteiger partial charge in [0.15, 0.2) is 5.75 Å². The predicted octanol–water partition coefficient (Wildman–Crippen LogP) is 4.20. The van der Waals surface area contributed by atoms with Crippen LogP contribution in [0.4, 0.5) is 11.4 Å². The van der Waals surface area contributed by atoms with Gasteiger partial charge in [0, 0.05) is 18.3 Å². The average Bonchev–Trinajstić information content (AvgIpc) is 3.09. The van der Waals surface area contributed by atoms with E-state index in [1.807, 2.05) is 31.2 Å². The van der Waals surface area contributed by atoms with Gasteiger partial charge in [-0.25, -0.2) is 9.59 Å². The number of nitro groups is 1. The van der Waals surface area contributed by atoms with Gasteiger partial charge in [-0.05, 0) is 31.6 Å². The molecular formula is C25H23N3O7. The summed E-state index contributed by atoms with van der Waals surface area (Å²) in [5, 5.41) is 15.7. The Kier molecular flexibility index (Phi) is 7.77. The van der Waals surface area contributed by atoms with Gasteiger partial charge in [0.2, 0.25) is 0 Å². The SMILES string of the molecule is COC(=O)C1=C(C(=O)OC)N(c2cc(ON=C(C)c3ccc(C)cc3)cc([N+](=O)[O-])c2)C=CC=C1. The molecule has 2 aromatic rings. The van der Waals surface area contributed by atoms with E-state index in [-0.39, 0.29) is 28.4 Å². The quantitative estimate of drug-likeness (QED) is 0.252. The van der Waals surface area contributed by atoms with Crippen LogP contribution in [0.25, 0.3) is 0 Å². The van der Waals surface area contributed by atoms with E-state index >= 15 is 0 Å². The molecule has 10 heteroatoms. The highest BCUT2D eigenvalue weighted by molar-refractivity contribution is 6.05. The number of ether oxygens (including phenoxy) is 2. The maximum atomic E-state index is 12.6. The van der Waals surface area contributed by atoms with E-state index in [2.05, 4.69) is 5.16 Å². The van der Waals surface area contributed by atoms with E-state index in [4.69, 9.17) is 14.3 Å². The Hall–Kier alpha value is -4.73. The molecule has 0 atom stereocenters. The number of esters is 2. The first kappa shape index (κ1) is 24.9. The molecule has 0 saturated heterocycles. The van der Waals surface area contributed by atoms with Gasteiger partial charge >= 0.3 is 11.9 Å². The van der Waals surface area contributed by atoms with E-state index < -0.39 is 16.9 Å². The van der Waals surface area contributed by atoms with Gasteiger partial charge in [-0.2, -0.15) is 0 Å². The number of carbonyl (C=O) groups excluding carboxylic acids is 2. The van der Waals surface area contributed by atoms with Gasteiger partial charge < -0.3 is 19.2 Å². The van der Waals surface area contributed by atoms with Crippen molar-refractivity contribution in [1.29, 1.82) is 0 Å². The smallest absolute Gasteiger partial charge is 0.355 e. The topological polar surface area (TPSA) is 121 Å². The molecule has 180 valence electrons. The number of hydrogen-bond donors (Lipinski definition) is 0. The Labute approximate surface area is 201 Å². The number of methoxy groups -OCH3 is 2. The summed E-state index contributed by atoms with van der Waals surface area (Å²) in [4.78, 5) is 42.8. The Balaban J connectivity index is 2.09. The van der Waals surface area contributed by atoms with Crippen LogP contribution in [-0.2, 0) is 19.1 Å². The zero-order valence-corrected chi connectivity index (χ0v) is 19.6. The van der Waals surface area contributed by atoms with Crippen molar-refractivity contribution in [3.8, 4) is 5.75 Å². The van der Waals surface area contributed by atoms with E-state index in [0.29, 0.717) is 5.71 Å². The minimum atomic E-state index is -0.844. The molecule has 1 aliphatic heterocycles. The molecule has 0 aliphatic carbocycles. The summed E-state index contributed by atoms with van der Waals surface area (Å²) >= 11 is 0. The molecule has 1 heterocycles. The third kappa shape index (κ3) is 5.80. The van der Waals surface area contributed by atoms with Gasteiger partial charge in [-0.15, -0.1) is 0 Å². The molecule has 10 nitrogen and oxygen atoms in total. The van der Waals surface area contributed by atoms with Crippen LogP contribution in [0.3, 0.4) is 0 Å². The second-order valence-corrected chi connectivity index (χ2v) is 7.39. The van der Waals surface area contributed by atoms with E-state index in [1.165, 1.54) is 48.6 Å². The van der Waals surface area contributed by atoms with Crippen molar-refractivity contribution in [1.82, 2.24) is 0 Å². The third-order valence-corrected chi connectivity index (χ3v) is 5.01. The number of oxime groups is 1. The van der Waals surface area contributed by atoms with Crippen LogP contribution in [0.1, 0.15) is 18.1 Å². The lowest BCUT2D eigenvalue weighted by Gasteiger charge is -2.23. The first-order chi connectivity index (χ1) is 16.7. The number of rotatable bonds is 7. The first-order valence-corrected chi connectivity index (χ1v) is 10.4. The van der Waals surface area contributed by atoms with E-state index in [0.717, 1.165) is 18.2 Å². The number of non-ortho nitro benzene ring substituents is 1. The highest BCUT2D eigenvalue weighted by Crippen LogP contribution is 2.33. The van der Waals surface area contributed by atoms with Crippen LogP contribution in [0.2, 0.25) is 0 Å². The van der Waals surface area contributed by atoms with E-state index in [9.17, 15) is 19.7 Å². The second-order valence-electron chi connectivity index (χ2n) is 7.39. The highest BCUT2D eigenvalue weighted by atomic mass is 16.6. The Morgan fingerprint density at radius 1 is 1.00 bits per heavy atom. The molecule has 2 aromatic carbocycles. The van der Waals surface area contributed by atoms with Crippen molar-refractivity contribution in [3.05, 3.63) is 99.4 Å². The number of carbonyl (C=O) groups is 2. The highest BCUT2D eigenvalue weighted by Gasteiger charge is 2.28. The summed E-state index contributed by atoms with van der Waals surface area (Å²) in [7, 11) is 2.33. The van der Waals surface area contributed by atoms with Crippen molar-refractivity contribution in [2.24, 2.45) is 5.16 Å². The number of anilines is 1.